The van der Waals surface area contributed by atoms with Gasteiger partial charge in [0.2, 0.25) is 0 Å². The summed E-state index contributed by atoms with van der Waals surface area (Å²) in [5, 5.41) is 7.03. The highest BCUT2D eigenvalue weighted by atomic mass is 32.1. The zero-order valence-electron chi connectivity index (χ0n) is 14.9. The molecule has 0 amide bonds. The Morgan fingerprint density at radius 1 is 1.19 bits per heavy atom. The van der Waals surface area contributed by atoms with Crippen LogP contribution in [-0.2, 0) is 6.54 Å². The molecule has 0 saturated carbocycles. The maximum absolute atomic E-state index is 5.51. The number of hydrogen-bond donors (Lipinski definition) is 2. The van der Waals surface area contributed by atoms with Gasteiger partial charge in [-0.25, -0.2) is 4.98 Å². The van der Waals surface area contributed by atoms with Crippen molar-refractivity contribution in [3.05, 3.63) is 72.3 Å². The van der Waals surface area contributed by atoms with Crippen molar-refractivity contribution in [3.63, 3.8) is 0 Å². The molecule has 0 radical (unpaired) electrons. The molecular formula is C20H22N4OS. The molecule has 6 heteroatoms. The minimum atomic E-state index is 0.566. The van der Waals surface area contributed by atoms with E-state index < -0.39 is 0 Å². The summed E-state index contributed by atoms with van der Waals surface area (Å²) in [5.41, 5.74) is 3.13. The van der Waals surface area contributed by atoms with Gasteiger partial charge in [-0.2, -0.15) is 0 Å². The van der Waals surface area contributed by atoms with E-state index in [1.54, 1.807) is 6.20 Å². The van der Waals surface area contributed by atoms with Gasteiger partial charge in [0.15, 0.2) is 5.11 Å². The predicted octanol–water partition coefficient (Wildman–Crippen LogP) is 4.07. The first-order valence-electron chi connectivity index (χ1n) is 8.53. The smallest absolute Gasteiger partial charge is 0.171 e. The number of para-hydroxylation sites is 1. The number of nitrogens with one attached hydrogen (secondary N) is 2. The minimum absolute atomic E-state index is 0.566. The molecule has 1 aromatic heterocycles. The van der Waals surface area contributed by atoms with Gasteiger partial charge in [-0.15, -0.1) is 0 Å². The Hall–Kier alpha value is -2.86. The monoisotopic (exact) mass is 366 g/mol. The van der Waals surface area contributed by atoms with E-state index in [2.05, 4.69) is 32.3 Å². The first kappa shape index (κ1) is 17.9. The molecule has 2 aromatic carbocycles. The quantitative estimate of drug-likeness (QED) is 0.644. The number of nitrogens with zero attached hydrogens (tertiary/aromatic N) is 2. The number of ether oxygens (including phenoxy) is 1. The van der Waals surface area contributed by atoms with E-state index in [0.29, 0.717) is 18.3 Å². The number of imidazole rings is 1. The number of aromatic nitrogens is 2. The SMILES string of the molecule is CCOc1cccc(NC(=S)NCc2ccccc2-n2ccnc2C)c1. The number of aryl methyl sites for hydroxylation is 1. The van der Waals surface area contributed by atoms with E-state index in [1.807, 2.05) is 56.4 Å². The minimum Gasteiger partial charge on any atom is -0.494 e. The fraction of sp³-hybridized carbons (Fsp3) is 0.200. The van der Waals surface area contributed by atoms with Crippen molar-refractivity contribution in [2.24, 2.45) is 0 Å². The normalized spacial score (nSPS) is 10.4. The summed E-state index contributed by atoms with van der Waals surface area (Å²) in [6.45, 7) is 5.20. The standard InChI is InChI=1S/C20H22N4OS/c1-3-25-18-9-6-8-17(13-18)23-20(26)22-14-16-7-4-5-10-19(16)24-12-11-21-15(24)2/h4-13H,3,14H2,1-2H3,(H2,22,23,26). The zero-order chi connectivity index (χ0) is 18.4. The van der Waals surface area contributed by atoms with Crippen LogP contribution in [0.15, 0.2) is 60.9 Å². The number of anilines is 1. The lowest BCUT2D eigenvalue weighted by Crippen LogP contribution is -2.28. The molecule has 2 N–H and O–H groups in total. The van der Waals surface area contributed by atoms with Crippen LogP contribution < -0.4 is 15.4 Å². The average molecular weight is 366 g/mol. The molecule has 5 nitrogen and oxygen atoms in total. The first-order chi connectivity index (χ1) is 12.7. The molecule has 0 saturated heterocycles. The number of thiocarbonyl (C=S) groups is 1. The van der Waals surface area contributed by atoms with Crippen molar-refractivity contribution >= 4 is 23.0 Å². The summed E-state index contributed by atoms with van der Waals surface area (Å²) in [6.07, 6.45) is 3.76. The second kappa shape index (κ2) is 8.49. The topological polar surface area (TPSA) is 51.1 Å². The third-order valence-electron chi connectivity index (χ3n) is 3.92. The Morgan fingerprint density at radius 2 is 2.04 bits per heavy atom. The van der Waals surface area contributed by atoms with Gasteiger partial charge >= 0.3 is 0 Å². The van der Waals surface area contributed by atoms with Crippen LogP contribution in [0.2, 0.25) is 0 Å². The summed E-state index contributed by atoms with van der Waals surface area (Å²) in [4.78, 5) is 4.30. The van der Waals surface area contributed by atoms with Gasteiger partial charge in [0, 0.05) is 30.7 Å². The Balaban J connectivity index is 1.65. The average Bonchev–Trinajstić information content (AvgIpc) is 3.07. The van der Waals surface area contributed by atoms with Crippen molar-refractivity contribution in [2.45, 2.75) is 20.4 Å². The van der Waals surface area contributed by atoms with E-state index in [0.717, 1.165) is 28.5 Å². The molecule has 0 aliphatic carbocycles. The van der Waals surface area contributed by atoms with Gasteiger partial charge < -0.3 is 19.9 Å². The lowest BCUT2D eigenvalue weighted by molar-refractivity contribution is 0.340. The summed E-state index contributed by atoms with van der Waals surface area (Å²) < 4.78 is 7.58. The summed E-state index contributed by atoms with van der Waals surface area (Å²) in [7, 11) is 0. The first-order valence-corrected chi connectivity index (χ1v) is 8.94. The summed E-state index contributed by atoms with van der Waals surface area (Å²) in [6, 6.07) is 16.0. The molecule has 134 valence electrons. The Kier molecular flexibility index (Phi) is 5.86. The Labute approximate surface area is 159 Å². The van der Waals surface area contributed by atoms with Gasteiger partial charge in [-0.05, 0) is 49.8 Å². The third-order valence-corrected chi connectivity index (χ3v) is 4.17. The van der Waals surface area contributed by atoms with Gasteiger partial charge in [-0.3, -0.25) is 0 Å². The van der Waals surface area contributed by atoms with E-state index in [4.69, 9.17) is 17.0 Å². The molecule has 0 spiro atoms. The van der Waals surface area contributed by atoms with Crippen LogP contribution in [-0.4, -0.2) is 21.3 Å². The van der Waals surface area contributed by atoms with Crippen LogP contribution >= 0.6 is 12.2 Å². The van der Waals surface area contributed by atoms with E-state index in [-0.39, 0.29) is 0 Å². The molecule has 0 aliphatic rings. The molecular weight excluding hydrogens is 344 g/mol. The molecule has 0 fully saturated rings. The second-order valence-corrected chi connectivity index (χ2v) is 6.15. The van der Waals surface area contributed by atoms with Crippen molar-refractivity contribution in [1.29, 1.82) is 0 Å². The number of hydrogen-bond acceptors (Lipinski definition) is 3. The molecule has 0 bridgehead atoms. The van der Waals surface area contributed by atoms with Crippen molar-refractivity contribution < 1.29 is 4.74 Å². The van der Waals surface area contributed by atoms with Crippen LogP contribution in [0.25, 0.3) is 5.69 Å². The molecule has 26 heavy (non-hydrogen) atoms. The van der Waals surface area contributed by atoms with E-state index in [9.17, 15) is 0 Å². The molecule has 3 rings (SSSR count). The number of rotatable bonds is 6. The van der Waals surface area contributed by atoms with Gasteiger partial charge in [0.25, 0.3) is 0 Å². The molecule has 1 heterocycles. The molecule has 3 aromatic rings. The molecule has 0 aliphatic heterocycles. The highest BCUT2D eigenvalue weighted by molar-refractivity contribution is 7.80. The van der Waals surface area contributed by atoms with Gasteiger partial charge in [-0.1, -0.05) is 24.3 Å². The van der Waals surface area contributed by atoms with E-state index >= 15 is 0 Å². The largest absolute Gasteiger partial charge is 0.494 e. The second-order valence-electron chi connectivity index (χ2n) is 5.74. The Morgan fingerprint density at radius 3 is 2.81 bits per heavy atom. The third kappa shape index (κ3) is 4.40. The van der Waals surface area contributed by atoms with Crippen LogP contribution in [0, 0.1) is 6.92 Å². The fourth-order valence-electron chi connectivity index (χ4n) is 2.71. The van der Waals surface area contributed by atoms with Gasteiger partial charge in [0.1, 0.15) is 11.6 Å². The van der Waals surface area contributed by atoms with Gasteiger partial charge in [0.05, 0.1) is 12.3 Å². The van der Waals surface area contributed by atoms with Crippen molar-refractivity contribution in [1.82, 2.24) is 14.9 Å². The lowest BCUT2D eigenvalue weighted by Gasteiger charge is -2.15. The lowest BCUT2D eigenvalue weighted by atomic mass is 10.1. The van der Waals surface area contributed by atoms with Crippen molar-refractivity contribution in [3.8, 4) is 11.4 Å². The number of benzene rings is 2. The highest BCUT2D eigenvalue weighted by Crippen LogP contribution is 2.18. The van der Waals surface area contributed by atoms with E-state index in [1.165, 1.54) is 0 Å². The maximum Gasteiger partial charge on any atom is 0.171 e. The highest BCUT2D eigenvalue weighted by Gasteiger charge is 2.07. The zero-order valence-corrected chi connectivity index (χ0v) is 15.7. The van der Waals surface area contributed by atoms with Crippen LogP contribution in [0.4, 0.5) is 5.69 Å². The molecule has 0 atom stereocenters. The predicted molar refractivity (Wildman–Crippen MR) is 109 cm³/mol. The fourth-order valence-corrected chi connectivity index (χ4v) is 2.90. The van der Waals surface area contributed by atoms with Crippen LogP contribution in [0.1, 0.15) is 18.3 Å². The maximum atomic E-state index is 5.51. The van der Waals surface area contributed by atoms with Crippen LogP contribution in [0.5, 0.6) is 5.75 Å². The van der Waals surface area contributed by atoms with Crippen molar-refractivity contribution in [2.75, 3.05) is 11.9 Å². The summed E-state index contributed by atoms with van der Waals surface area (Å²) >= 11 is 5.43. The summed E-state index contributed by atoms with van der Waals surface area (Å²) in [5.74, 6) is 1.77. The molecule has 0 unspecified atom stereocenters. The Bertz CT molecular complexity index is 891. The van der Waals surface area contributed by atoms with Crippen LogP contribution in [0.3, 0.4) is 0 Å².